The van der Waals surface area contributed by atoms with Crippen molar-refractivity contribution in [2.45, 2.75) is 88.9 Å². The molecule has 1 amide bonds. The standard InChI is InChI=1S/C29H41F2N3O2/c1-19(35)34-26(15-20-13-23(30)17-24(31)14-20)27(36)18-33-29(11-9-25(32-5)10-12-29)22-8-6-7-21(16-22)28(2,3)4/h6-8,13-14,16-17,25-27,32-33,36H,9-12,15,18H2,1-5H3,(H,34,35)/t25?,26-,27+,29?/m0/s1. The number of hydrogen-bond acceptors (Lipinski definition) is 4. The minimum atomic E-state index is -0.954. The second-order valence-electron chi connectivity index (χ2n) is 11.2. The van der Waals surface area contributed by atoms with Crippen LogP contribution in [0.2, 0.25) is 0 Å². The highest BCUT2D eigenvalue weighted by atomic mass is 19.1. The van der Waals surface area contributed by atoms with Gasteiger partial charge in [0.2, 0.25) is 5.91 Å². The molecule has 1 aliphatic rings. The highest BCUT2D eigenvalue weighted by molar-refractivity contribution is 5.73. The Hall–Kier alpha value is -2.35. The maximum absolute atomic E-state index is 13.7. The van der Waals surface area contributed by atoms with Crippen LogP contribution in [-0.4, -0.2) is 42.8 Å². The Kier molecular flexibility index (Phi) is 9.25. The first-order valence-corrected chi connectivity index (χ1v) is 12.9. The Balaban J connectivity index is 1.83. The van der Waals surface area contributed by atoms with Crippen molar-refractivity contribution in [2.24, 2.45) is 0 Å². The van der Waals surface area contributed by atoms with Crippen molar-refractivity contribution in [2.75, 3.05) is 13.6 Å². The van der Waals surface area contributed by atoms with Gasteiger partial charge >= 0.3 is 0 Å². The Bertz CT molecular complexity index is 1010. The van der Waals surface area contributed by atoms with Gasteiger partial charge in [-0.2, -0.15) is 0 Å². The van der Waals surface area contributed by atoms with E-state index < -0.39 is 23.8 Å². The van der Waals surface area contributed by atoms with Gasteiger partial charge in [-0.15, -0.1) is 0 Å². The van der Waals surface area contributed by atoms with Crippen molar-refractivity contribution in [3.63, 3.8) is 0 Å². The smallest absolute Gasteiger partial charge is 0.217 e. The van der Waals surface area contributed by atoms with Crippen molar-refractivity contribution in [1.82, 2.24) is 16.0 Å². The van der Waals surface area contributed by atoms with Gasteiger partial charge < -0.3 is 21.1 Å². The molecule has 198 valence electrons. The molecule has 0 saturated heterocycles. The van der Waals surface area contributed by atoms with Crippen LogP contribution in [0.4, 0.5) is 8.78 Å². The summed E-state index contributed by atoms with van der Waals surface area (Å²) < 4.78 is 27.5. The summed E-state index contributed by atoms with van der Waals surface area (Å²) in [6, 6.07) is 11.7. The van der Waals surface area contributed by atoms with E-state index in [1.807, 2.05) is 7.05 Å². The molecule has 3 rings (SSSR count). The molecule has 0 spiro atoms. The summed E-state index contributed by atoms with van der Waals surface area (Å²) in [5.74, 6) is -1.67. The van der Waals surface area contributed by atoms with Crippen LogP contribution in [0.25, 0.3) is 0 Å². The van der Waals surface area contributed by atoms with E-state index in [2.05, 4.69) is 61.0 Å². The van der Waals surface area contributed by atoms with Crippen LogP contribution in [0, 0.1) is 11.6 Å². The van der Waals surface area contributed by atoms with Crippen molar-refractivity contribution in [1.29, 1.82) is 0 Å². The van der Waals surface area contributed by atoms with Crippen LogP contribution in [0.5, 0.6) is 0 Å². The first-order valence-electron chi connectivity index (χ1n) is 12.9. The van der Waals surface area contributed by atoms with Gasteiger partial charge in [0.25, 0.3) is 0 Å². The third-order valence-electron chi connectivity index (χ3n) is 7.41. The lowest BCUT2D eigenvalue weighted by atomic mass is 9.73. The van der Waals surface area contributed by atoms with Crippen molar-refractivity contribution in [3.05, 3.63) is 70.8 Å². The van der Waals surface area contributed by atoms with Crippen molar-refractivity contribution in [3.8, 4) is 0 Å². The largest absolute Gasteiger partial charge is 0.390 e. The molecule has 0 unspecified atom stereocenters. The zero-order chi connectivity index (χ0) is 26.5. The van der Waals surface area contributed by atoms with Crippen LogP contribution in [0.15, 0.2) is 42.5 Å². The fourth-order valence-electron chi connectivity index (χ4n) is 5.22. The predicted molar refractivity (Wildman–Crippen MR) is 140 cm³/mol. The van der Waals surface area contributed by atoms with Crippen molar-refractivity contribution >= 4 is 5.91 Å². The first-order chi connectivity index (χ1) is 16.9. The number of carbonyl (C=O) groups is 1. The number of halogens is 2. The molecule has 7 heteroatoms. The molecule has 0 aliphatic heterocycles. The number of nitrogens with one attached hydrogen (secondary N) is 3. The highest BCUT2D eigenvalue weighted by Gasteiger charge is 2.37. The molecule has 4 N–H and O–H groups in total. The molecule has 2 aromatic carbocycles. The van der Waals surface area contributed by atoms with Crippen LogP contribution in [0.3, 0.4) is 0 Å². The van der Waals surface area contributed by atoms with Crippen LogP contribution in [-0.2, 0) is 22.2 Å². The number of hydrogen-bond donors (Lipinski definition) is 4. The van der Waals surface area contributed by atoms with E-state index in [9.17, 15) is 18.7 Å². The molecule has 2 aromatic rings. The molecule has 2 atom stereocenters. The number of carbonyl (C=O) groups excluding carboxylic acids is 1. The van der Waals surface area contributed by atoms with Crippen LogP contribution >= 0.6 is 0 Å². The summed E-state index contributed by atoms with van der Waals surface area (Å²) in [6.07, 6.45) is 2.96. The highest BCUT2D eigenvalue weighted by Crippen LogP contribution is 2.39. The summed E-state index contributed by atoms with van der Waals surface area (Å²) >= 11 is 0. The van der Waals surface area contributed by atoms with Gasteiger partial charge in [-0.3, -0.25) is 4.79 Å². The van der Waals surface area contributed by atoms with Gasteiger partial charge in [-0.05, 0) is 73.4 Å². The van der Waals surface area contributed by atoms with Gasteiger partial charge in [-0.1, -0.05) is 45.0 Å². The lowest BCUT2D eigenvalue weighted by Gasteiger charge is -2.43. The summed E-state index contributed by atoms with van der Waals surface area (Å²) in [4.78, 5) is 11.9. The molecule has 1 aliphatic carbocycles. The zero-order valence-corrected chi connectivity index (χ0v) is 22.1. The number of benzene rings is 2. The average Bonchev–Trinajstić information content (AvgIpc) is 2.81. The quantitative estimate of drug-likeness (QED) is 0.413. The van der Waals surface area contributed by atoms with Crippen LogP contribution in [0.1, 0.15) is 70.1 Å². The Labute approximate surface area is 214 Å². The van der Waals surface area contributed by atoms with E-state index in [1.54, 1.807) is 0 Å². The fourth-order valence-corrected chi connectivity index (χ4v) is 5.22. The lowest BCUT2D eigenvalue weighted by molar-refractivity contribution is -0.120. The first kappa shape index (κ1) is 28.2. The molecule has 0 radical (unpaired) electrons. The van der Waals surface area contributed by atoms with Gasteiger partial charge in [0, 0.05) is 31.1 Å². The number of rotatable bonds is 9. The topological polar surface area (TPSA) is 73.4 Å². The van der Waals surface area contributed by atoms with Gasteiger partial charge in [0.15, 0.2) is 0 Å². The van der Waals surface area contributed by atoms with Crippen LogP contribution < -0.4 is 16.0 Å². The summed E-state index contributed by atoms with van der Waals surface area (Å²) in [5.41, 5.74) is 2.52. The predicted octanol–water partition coefficient (Wildman–Crippen LogP) is 4.32. The summed E-state index contributed by atoms with van der Waals surface area (Å²) in [6.45, 7) is 8.19. The average molecular weight is 502 g/mol. The molecule has 36 heavy (non-hydrogen) atoms. The lowest BCUT2D eigenvalue weighted by Crippen LogP contribution is -2.54. The second-order valence-corrected chi connectivity index (χ2v) is 11.2. The molecule has 0 aromatic heterocycles. The number of aliphatic hydroxyl groups is 1. The molecular weight excluding hydrogens is 460 g/mol. The van der Waals surface area contributed by atoms with E-state index in [-0.39, 0.29) is 29.8 Å². The SMILES string of the molecule is CNC1CCC(NC[C@@H](O)[C@H](Cc2cc(F)cc(F)c2)NC(C)=O)(c2cccc(C(C)(C)C)c2)CC1. The minimum Gasteiger partial charge on any atom is -0.390 e. The minimum absolute atomic E-state index is 0.00955. The molecule has 5 nitrogen and oxygen atoms in total. The monoisotopic (exact) mass is 501 g/mol. The van der Waals surface area contributed by atoms with E-state index >= 15 is 0 Å². The summed E-state index contributed by atoms with van der Waals surface area (Å²) in [5, 5.41) is 21.0. The van der Waals surface area contributed by atoms with E-state index in [0.717, 1.165) is 31.7 Å². The Morgan fingerprint density at radius 1 is 1.11 bits per heavy atom. The maximum atomic E-state index is 13.7. The van der Waals surface area contributed by atoms with Gasteiger partial charge in [0.05, 0.1) is 12.1 Å². The normalized spacial score (nSPS) is 22.2. The number of aliphatic hydroxyl groups excluding tert-OH is 1. The molecule has 0 bridgehead atoms. The molecule has 1 fully saturated rings. The maximum Gasteiger partial charge on any atom is 0.217 e. The third kappa shape index (κ3) is 7.34. The van der Waals surface area contributed by atoms with Gasteiger partial charge in [-0.25, -0.2) is 8.78 Å². The van der Waals surface area contributed by atoms with E-state index in [0.29, 0.717) is 11.6 Å². The molecule has 0 heterocycles. The van der Waals surface area contributed by atoms with E-state index in [4.69, 9.17) is 0 Å². The van der Waals surface area contributed by atoms with Crippen molar-refractivity contribution < 1.29 is 18.7 Å². The Morgan fingerprint density at radius 2 is 1.75 bits per heavy atom. The fraction of sp³-hybridized carbons (Fsp3) is 0.552. The Morgan fingerprint density at radius 3 is 2.31 bits per heavy atom. The summed E-state index contributed by atoms with van der Waals surface area (Å²) in [7, 11) is 1.99. The second kappa shape index (κ2) is 11.8. The molecule has 1 saturated carbocycles. The number of amides is 1. The van der Waals surface area contributed by atoms with Gasteiger partial charge in [0.1, 0.15) is 11.6 Å². The van der Waals surface area contributed by atoms with E-state index in [1.165, 1.54) is 30.2 Å². The molecular formula is C29H41F2N3O2. The third-order valence-corrected chi connectivity index (χ3v) is 7.41. The zero-order valence-electron chi connectivity index (χ0n) is 22.1.